The minimum atomic E-state index is -0.546. The lowest BCUT2D eigenvalue weighted by molar-refractivity contribution is 0.0500. The van der Waals surface area contributed by atoms with Gasteiger partial charge in [-0.1, -0.05) is 19.4 Å². The molecule has 0 spiro atoms. The van der Waals surface area contributed by atoms with Gasteiger partial charge in [0.15, 0.2) is 5.82 Å². The minimum Gasteiger partial charge on any atom is -0.462 e. The summed E-state index contributed by atoms with van der Waals surface area (Å²) in [6, 6.07) is 6.78. The SMILES string of the molecule is CCCCOC(=O)c1cccc(Nc2cn[nH]c(=O)n2)c1. The fourth-order valence-corrected chi connectivity index (χ4v) is 1.64. The first kappa shape index (κ1) is 14.7. The van der Waals surface area contributed by atoms with Gasteiger partial charge in [0.2, 0.25) is 0 Å². The van der Waals surface area contributed by atoms with Crippen molar-refractivity contribution >= 4 is 17.5 Å². The third-order valence-electron chi connectivity index (χ3n) is 2.67. The summed E-state index contributed by atoms with van der Waals surface area (Å²) in [7, 11) is 0. The number of ether oxygens (including phenoxy) is 1. The smallest absolute Gasteiger partial charge is 0.363 e. The summed E-state index contributed by atoms with van der Waals surface area (Å²) >= 11 is 0. The maximum atomic E-state index is 11.8. The predicted octanol–water partition coefficient (Wildman–Crippen LogP) is 1.87. The van der Waals surface area contributed by atoms with E-state index in [1.165, 1.54) is 6.20 Å². The number of esters is 1. The molecule has 21 heavy (non-hydrogen) atoms. The Hall–Kier alpha value is -2.70. The largest absolute Gasteiger partial charge is 0.462 e. The predicted molar refractivity (Wildman–Crippen MR) is 77.6 cm³/mol. The lowest BCUT2D eigenvalue weighted by Gasteiger charge is -2.07. The van der Waals surface area contributed by atoms with Gasteiger partial charge in [0.25, 0.3) is 0 Å². The van der Waals surface area contributed by atoms with Crippen molar-refractivity contribution in [2.45, 2.75) is 19.8 Å². The van der Waals surface area contributed by atoms with Gasteiger partial charge in [-0.05, 0) is 24.6 Å². The van der Waals surface area contributed by atoms with Crippen LogP contribution in [0.2, 0.25) is 0 Å². The van der Waals surface area contributed by atoms with Crippen LogP contribution in [-0.4, -0.2) is 27.8 Å². The molecule has 7 nitrogen and oxygen atoms in total. The summed E-state index contributed by atoms with van der Waals surface area (Å²) < 4.78 is 5.14. The quantitative estimate of drug-likeness (QED) is 0.622. The number of H-pyrrole nitrogens is 1. The van der Waals surface area contributed by atoms with Crippen molar-refractivity contribution < 1.29 is 9.53 Å². The average molecular weight is 288 g/mol. The normalized spacial score (nSPS) is 10.1. The molecule has 2 N–H and O–H groups in total. The molecule has 0 radical (unpaired) electrons. The fourth-order valence-electron chi connectivity index (χ4n) is 1.64. The van der Waals surface area contributed by atoms with Gasteiger partial charge in [-0.2, -0.15) is 10.1 Å². The third-order valence-corrected chi connectivity index (χ3v) is 2.67. The molecule has 7 heteroatoms. The van der Waals surface area contributed by atoms with Crippen molar-refractivity contribution in [1.82, 2.24) is 15.2 Å². The zero-order chi connectivity index (χ0) is 15.1. The highest BCUT2D eigenvalue weighted by Crippen LogP contribution is 2.15. The van der Waals surface area contributed by atoms with Crippen molar-refractivity contribution in [3.63, 3.8) is 0 Å². The molecule has 110 valence electrons. The van der Waals surface area contributed by atoms with Crippen molar-refractivity contribution in [1.29, 1.82) is 0 Å². The highest BCUT2D eigenvalue weighted by atomic mass is 16.5. The summed E-state index contributed by atoms with van der Waals surface area (Å²) in [5.74, 6) is -0.0701. The second-order valence-corrected chi connectivity index (χ2v) is 4.37. The van der Waals surface area contributed by atoms with Crippen molar-refractivity contribution in [3.8, 4) is 0 Å². The van der Waals surface area contributed by atoms with Crippen LogP contribution in [-0.2, 0) is 4.74 Å². The molecule has 0 aliphatic heterocycles. The Labute approximate surface area is 121 Å². The van der Waals surface area contributed by atoms with Crippen LogP contribution in [0.25, 0.3) is 0 Å². The van der Waals surface area contributed by atoms with E-state index in [0.29, 0.717) is 23.7 Å². The van der Waals surface area contributed by atoms with Crippen molar-refractivity contribution in [2.75, 3.05) is 11.9 Å². The molecular formula is C14H16N4O3. The number of unbranched alkanes of at least 4 members (excludes halogenated alkanes) is 1. The van der Waals surface area contributed by atoms with E-state index in [2.05, 4.69) is 20.5 Å². The monoisotopic (exact) mass is 288 g/mol. The Kier molecular flexibility index (Phi) is 5.03. The van der Waals surface area contributed by atoms with E-state index in [-0.39, 0.29) is 5.97 Å². The third kappa shape index (κ3) is 4.41. The highest BCUT2D eigenvalue weighted by Gasteiger charge is 2.08. The van der Waals surface area contributed by atoms with Gasteiger partial charge >= 0.3 is 11.7 Å². The molecule has 1 aromatic heterocycles. The number of carbonyl (C=O) groups is 1. The molecular weight excluding hydrogens is 272 g/mol. The second kappa shape index (κ2) is 7.18. The number of anilines is 2. The molecule has 0 aliphatic rings. The van der Waals surface area contributed by atoms with E-state index in [1.54, 1.807) is 24.3 Å². The zero-order valence-electron chi connectivity index (χ0n) is 11.6. The molecule has 0 unspecified atom stereocenters. The molecule has 1 aromatic carbocycles. The topological polar surface area (TPSA) is 97.0 Å². The summed E-state index contributed by atoms with van der Waals surface area (Å²) in [6.45, 7) is 2.44. The van der Waals surface area contributed by atoms with Crippen molar-refractivity contribution in [2.24, 2.45) is 0 Å². The van der Waals surface area contributed by atoms with Gasteiger partial charge in [-0.15, -0.1) is 0 Å². The highest BCUT2D eigenvalue weighted by molar-refractivity contribution is 5.90. The van der Waals surface area contributed by atoms with Crippen LogP contribution in [0.1, 0.15) is 30.1 Å². The summed E-state index contributed by atoms with van der Waals surface area (Å²) in [4.78, 5) is 26.6. The van der Waals surface area contributed by atoms with E-state index < -0.39 is 5.69 Å². The number of carbonyl (C=O) groups excluding carboxylic acids is 1. The van der Waals surface area contributed by atoms with Crippen LogP contribution in [0.4, 0.5) is 11.5 Å². The number of hydrogen-bond acceptors (Lipinski definition) is 6. The minimum absolute atomic E-state index is 0.301. The van der Waals surface area contributed by atoms with E-state index in [4.69, 9.17) is 4.74 Å². The van der Waals surface area contributed by atoms with E-state index in [0.717, 1.165) is 12.8 Å². The van der Waals surface area contributed by atoms with Gasteiger partial charge < -0.3 is 10.1 Å². The van der Waals surface area contributed by atoms with Crippen LogP contribution < -0.4 is 11.0 Å². The van der Waals surface area contributed by atoms with Crippen LogP contribution in [0.3, 0.4) is 0 Å². The first-order valence-electron chi connectivity index (χ1n) is 6.65. The van der Waals surface area contributed by atoms with Crippen LogP contribution in [0.5, 0.6) is 0 Å². The molecule has 2 rings (SSSR count). The number of aromatic amines is 1. The summed E-state index contributed by atoms with van der Waals surface area (Å²) in [5.41, 5.74) is 0.517. The first-order chi connectivity index (χ1) is 10.2. The van der Waals surface area contributed by atoms with Crippen LogP contribution in [0, 0.1) is 0 Å². The standard InChI is InChI=1S/C14H16N4O3/c1-2-3-7-21-13(19)10-5-4-6-11(8-10)16-12-9-15-18-14(20)17-12/h4-6,8-9H,2-3,7H2,1H3,(H2,16,17,18,20). The first-order valence-corrected chi connectivity index (χ1v) is 6.65. The summed E-state index contributed by atoms with van der Waals surface area (Å²) in [6.07, 6.45) is 3.19. The molecule has 0 saturated carbocycles. The number of nitrogens with zero attached hydrogens (tertiary/aromatic N) is 2. The molecule has 0 fully saturated rings. The van der Waals surface area contributed by atoms with Gasteiger partial charge in [0.05, 0.1) is 18.4 Å². The van der Waals surface area contributed by atoms with Gasteiger partial charge in [0.1, 0.15) is 0 Å². The van der Waals surface area contributed by atoms with E-state index >= 15 is 0 Å². The Bertz CT molecular complexity index is 669. The van der Waals surface area contributed by atoms with Crippen LogP contribution in [0.15, 0.2) is 35.3 Å². The van der Waals surface area contributed by atoms with E-state index in [1.807, 2.05) is 6.92 Å². The molecule has 0 amide bonds. The van der Waals surface area contributed by atoms with Crippen molar-refractivity contribution in [3.05, 3.63) is 46.5 Å². The number of aromatic nitrogens is 3. The number of hydrogen-bond donors (Lipinski definition) is 2. The molecule has 0 bridgehead atoms. The Morgan fingerprint density at radius 3 is 3.05 bits per heavy atom. The van der Waals surface area contributed by atoms with Gasteiger partial charge in [-0.25, -0.2) is 14.7 Å². The number of rotatable bonds is 6. The van der Waals surface area contributed by atoms with Crippen LogP contribution >= 0.6 is 0 Å². The maximum Gasteiger partial charge on any atom is 0.363 e. The molecule has 0 aliphatic carbocycles. The second-order valence-electron chi connectivity index (χ2n) is 4.37. The number of benzene rings is 1. The fraction of sp³-hybridized carbons (Fsp3) is 0.286. The molecule has 0 saturated heterocycles. The van der Waals surface area contributed by atoms with Gasteiger partial charge in [-0.3, -0.25) is 0 Å². The number of nitrogens with one attached hydrogen (secondary N) is 2. The molecule has 1 heterocycles. The van der Waals surface area contributed by atoms with E-state index in [9.17, 15) is 9.59 Å². The Morgan fingerprint density at radius 1 is 1.43 bits per heavy atom. The molecule has 2 aromatic rings. The molecule has 0 atom stereocenters. The lowest BCUT2D eigenvalue weighted by atomic mass is 10.2. The maximum absolute atomic E-state index is 11.8. The zero-order valence-corrected chi connectivity index (χ0v) is 11.6. The summed E-state index contributed by atoms with van der Waals surface area (Å²) in [5, 5.41) is 8.72. The average Bonchev–Trinajstić information content (AvgIpc) is 2.48. The van der Waals surface area contributed by atoms with Gasteiger partial charge in [0, 0.05) is 5.69 Å². The Balaban J connectivity index is 2.07. The lowest BCUT2D eigenvalue weighted by Crippen LogP contribution is -2.13. The Morgan fingerprint density at radius 2 is 2.29 bits per heavy atom.